The number of amides is 1. The van der Waals surface area contributed by atoms with E-state index in [2.05, 4.69) is 15.3 Å². The molecule has 4 rings (SSSR count). The van der Waals surface area contributed by atoms with Gasteiger partial charge in [0.25, 0.3) is 5.91 Å². The molecule has 0 saturated heterocycles. The maximum absolute atomic E-state index is 13.0. The van der Waals surface area contributed by atoms with Crippen LogP contribution in [0.15, 0.2) is 66.1 Å². The molecule has 0 bridgehead atoms. The van der Waals surface area contributed by atoms with Gasteiger partial charge in [-0.2, -0.15) is 0 Å². The van der Waals surface area contributed by atoms with Crippen LogP contribution in [0.4, 0.5) is 5.69 Å². The Balaban J connectivity index is 1.48. The normalized spacial score (nSPS) is 13.7. The van der Waals surface area contributed by atoms with E-state index in [-0.39, 0.29) is 5.91 Å². The second-order valence-corrected chi connectivity index (χ2v) is 8.63. The zero-order valence-electron chi connectivity index (χ0n) is 17.4. The number of hydrogen-bond donors (Lipinski definition) is 1. The standard InChI is InChI=1S/C24H25N3O3S/c1-29-21-9-8-18(15-22(21)30-16-17-10-13-25-14-11-17)27-23(28)20-7-4-12-26-24(20)31-19-5-2-3-6-19/h4,7-15,19H,2-3,5-6,16H2,1H3,(H,27,28). The summed E-state index contributed by atoms with van der Waals surface area (Å²) in [5.74, 6) is 0.980. The van der Waals surface area contributed by atoms with Crippen molar-refractivity contribution in [1.82, 2.24) is 9.97 Å². The summed E-state index contributed by atoms with van der Waals surface area (Å²) in [6, 6.07) is 12.8. The number of carbonyl (C=O) groups is 1. The van der Waals surface area contributed by atoms with Crippen molar-refractivity contribution >= 4 is 23.4 Å². The number of aromatic nitrogens is 2. The first-order chi connectivity index (χ1) is 15.2. The van der Waals surface area contributed by atoms with Gasteiger partial charge >= 0.3 is 0 Å². The Morgan fingerprint density at radius 2 is 1.90 bits per heavy atom. The van der Waals surface area contributed by atoms with Gasteiger partial charge in [-0.1, -0.05) is 12.8 Å². The van der Waals surface area contributed by atoms with E-state index < -0.39 is 0 Å². The number of benzene rings is 1. The number of carbonyl (C=O) groups excluding carboxylic acids is 1. The van der Waals surface area contributed by atoms with Crippen LogP contribution < -0.4 is 14.8 Å². The van der Waals surface area contributed by atoms with Gasteiger partial charge in [-0.3, -0.25) is 9.78 Å². The lowest BCUT2D eigenvalue weighted by atomic mass is 10.2. The van der Waals surface area contributed by atoms with Gasteiger partial charge in [0.1, 0.15) is 11.6 Å². The van der Waals surface area contributed by atoms with E-state index in [4.69, 9.17) is 9.47 Å². The number of hydrogen-bond acceptors (Lipinski definition) is 6. The molecule has 2 aromatic heterocycles. The van der Waals surface area contributed by atoms with E-state index >= 15 is 0 Å². The molecule has 0 spiro atoms. The van der Waals surface area contributed by atoms with Crippen molar-refractivity contribution in [3.8, 4) is 11.5 Å². The third kappa shape index (κ3) is 5.55. The van der Waals surface area contributed by atoms with Crippen LogP contribution >= 0.6 is 11.8 Å². The van der Waals surface area contributed by atoms with E-state index in [0.717, 1.165) is 10.6 Å². The van der Waals surface area contributed by atoms with E-state index in [1.807, 2.05) is 18.2 Å². The maximum atomic E-state index is 13.0. The summed E-state index contributed by atoms with van der Waals surface area (Å²) in [7, 11) is 1.59. The third-order valence-electron chi connectivity index (χ3n) is 5.16. The van der Waals surface area contributed by atoms with Crippen molar-refractivity contribution in [2.24, 2.45) is 0 Å². The summed E-state index contributed by atoms with van der Waals surface area (Å²) in [6.45, 7) is 0.376. The molecular weight excluding hydrogens is 410 g/mol. The Bertz CT molecular complexity index is 1020. The number of thioether (sulfide) groups is 1. The predicted molar refractivity (Wildman–Crippen MR) is 122 cm³/mol. The lowest BCUT2D eigenvalue weighted by Gasteiger charge is -2.14. The van der Waals surface area contributed by atoms with Gasteiger partial charge in [0, 0.05) is 35.6 Å². The second-order valence-electron chi connectivity index (χ2n) is 7.34. The molecule has 1 amide bonds. The quantitative estimate of drug-likeness (QED) is 0.514. The second kappa shape index (κ2) is 10.3. The first kappa shape index (κ1) is 21.2. The van der Waals surface area contributed by atoms with Gasteiger partial charge in [-0.15, -0.1) is 11.8 Å². The van der Waals surface area contributed by atoms with E-state index in [1.165, 1.54) is 25.7 Å². The molecule has 7 heteroatoms. The van der Waals surface area contributed by atoms with Gasteiger partial charge < -0.3 is 14.8 Å². The maximum Gasteiger partial charge on any atom is 0.258 e. The summed E-state index contributed by atoms with van der Waals surface area (Å²) >= 11 is 1.71. The predicted octanol–water partition coefficient (Wildman–Crippen LogP) is 5.35. The van der Waals surface area contributed by atoms with Crippen molar-refractivity contribution in [3.63, 3.8) is 0 Å². The first-order valence-corrected chi connectivity index (χ1v) is 11.2. The summed E-state index contributed by atoms with van der Waals surface area (Å²) in [5, 5.41) is 4.30. The molecule has 1 aliphatic carbocycles. The van der Waals surface area contributed by atoms with Gasteiger partial charge in [0.05, 0.1) is 12.7 Å². The summed E-state index contributed by atoms with van der Waals surface area (Å²) in [6.07, 6.45) is 10.0. The molecule has 1 aromatic carbocycles. The molecule has 1 saturated carbocycles. The molecule has 160 valence electrons. The van der Waals surface area contributed by atoms with E-state index in [1.54, 1.807) is 61.7 Å². The SMILES string of the molecule is COc1ccc(NC(=O)c2cccnc2SC2CCCC2)cc1OCc1ccncc1. The van der Waals surface area contributed by atoms with Crippen molar-refractivity contribution < 1.29 is 14.3 Å². The molecule has 0 radical (unpaired) electrons. The highest BCUT2D eigenvalue weighted by Crippen LogP contribution is 2.36. The summed E-state index contributed by atoms with van der Waals surface area (Å²) < 4.78 is 11.3. The number of anilines is 1. The van der Waals surface area contributed by atoms with Gasteiger partial charge in [-0.05, 0) is 54.8 Å². The average Bonchev–Trinajstić information content (AvgIpc) is 3.32. The molecule has 3 aromatic rings. The number of pyridine rings is 2. The molecular formula is C24H25N3O3S. The van der Waals surface area contributed by atoms with Crippen LogP contribution in [-0.2, 0) is 6.61 Å². The Kier molecular flexibility index (Phi) is 7.04. The number of rotatable bonds is 8. The largest absolute Gasteiger partial charge is 0.493 e. The zero-order chi connectivity index (χ0) is 21.5. The molecule has 1 aliphatic rings. The molecule has 0 atom stereocenters. The average molecular weight is 436 g/mol. The minimum absolute atomic E-state index is 0.182. The minimum Gasteiger partial charge on any atom is -0.493 e. The summed E-state index contributed by atoms with van der Waals surface area (Å²) in [5.41, 5.74) is 2.22. The molecule has 2 heterocycles. The van der Waals surface area contributed by atoms with Crippen molar-refractivity contribution in [2.75, 3.05) is 12.4 Å². The monoisotopic (exact) mass is 435 g/mol. The van der Waals surface area contributed by atoms with Crippen molar-refractivity contribution in [1.29, 1.82) is 0 Å². The highest BCUT2D eigenvalue weighted by Gasteiger charge is 2.21. The molecule has 0 unspecified atom stereocenters. The third-order valence-corrected chi connectivity index (χ3v) is 6.51. The molecule has 6 nitrogen and oxygen atoms in total. The van der Waals surface area contributed by atoms with Gasteiger partial charge in [0.2, 0.25) is 0 Å². The fourth-order valence-corrected chi connectivity index (χ4v) is 4.82. The fourth-order valence-electron chi connectivity index (χ4n) is 3.53. The van der Waals surface area contributed by atoms with Crippen LogP contribution in [0.1, 0.15) is 41.6 Å². The smallest absolute Gasteiger partial charge is 0.258 e. The first-order valence-electron chi connectivity index (χ1n) is 10.4. The minimum atomic E-state index is -0.182. The van der Waals surface area contributed by atoms with Crippen LogP contribution in [0.2, 0.25) is 0 Å². The number of methoxy groups -OCH3 is 1. The fraction of sp³-hybridized carbons (Fsp3) is 0.292. The van der Waals surface area contributed by atoms with Crippen LogP contribution in [0.25, 0.3) is 0 Å². The highest BCUT2D eigenvalue weighted by molar-refractivity contribution is 7.99. The lowest BCUT2D eigenvalue weighted by molar-refractivity contribution is 0.102. The van der Waals surface area contributed by atoms with Crippen molar-refractivity contribution in [3.05, 3.63) is 72.2 Å². The lowest BCUT2D eigenvalue weighted by Crippen LogP contribution is -2.14. The number of ether oxygens (including phenoxy) is 2. The van der Waals surface area contributed by atoms with Gasteiger partial charge in [-0.25, -0.2) is 4.98 Å². The number of nitrogens with zero attached hydrogens (tertiary/aromatic N) is 2. The zero-order valence-corrected chi connectivity index (χ0v) is 18.2. The Morgan fingerprint density at radius 1 is 1.10 bits per heavy atom. The Morgan fingerprint density at radius 3 is 2.68 bits per heavy atom. The van der Waals surface area contributed by atoms with Crippen LogP contribution in [0.3, 0.4) is 0 Å². The molecule has 0 aliphatic heterocycles. The van der Waals surface area contributed by atoms with Crippen molar-refractivity contribution in [2.45, 2.75) is 42.6 Å². The van der Waals surface area contributed by atoms with E-state index in [9.17, 15) is 4.79 Å². The number of nitrogens with one attached hydrogen (secondary N) is 1. The van der Waals surface area contributed by atoms with Crippen LogP contribution in [0.5, 0.6) is 11.5 Å². The molecule has 31 heavy (non-hydrogen) atoms. The topological polar surface area (TPSA) is 73.3 Å². The van der Waals surface area contributed by atoms with Crippen LogP contribution in [0, 0.1) is 0 Å². The van der Waals surface area contributed by atoms with Crippen LogP contribution in [-0.4, -0.2) is 28.2 Å². The summed E-state index contributed by atoms with van der Waals surface area (Å²) in [4.78, 5) is 21.5. The van der Waals surface area contributed by atoms with E-state index in [0.29, 0.717) is 34.6 Å². The Labute approximate surface area is 186 Å². The van der Waals surface area contributed by atoms with Gasteiger partial charge in [0.15, 0.2) is 11.5 Å². The Hall–Kier alpha value is -3.06. The highest BCUT2D eigenvalue weighted by atomic mass is 32.2. The molecule has 1 N–H and O–H groups in total. The molecule has 1 fully saturated rings.